The van der Waals surface area contributed by atoms with Gasteiger partial charge in [0.2, 0.25) is 15.9 Å². The first-order valence-electron chi connectivity index (χ1n) is 11.5. The first-order valence-corrected chi connectivity index (χ1v) is 15.5. The molecule has 1 aliphatic rings. The number of benzene rings is 3. The molecule has 0 aromatic heterocycles. The molecule has 0 saturated carbocycles. The number of methoxy groups -OCH3 is 1. The molecule has 1 amide bonds. The molecule has 4 rings (SSSR count). The van der Waals surface area contributed by atoms with Crippen molar-refractivity contribution in [3.05, 3.63) is 76.4 Å². The highest BCUT2D eigenvalue weighted by molar-refractivity contribution is 14.1. The van der Waals surface area contributed by atoms with Gasteiger partial charge in [-0.1, -0.05) is 18.2 Å². The van der Waals surface area contributed by atoms with Gasteiger partial charge in [-0.3, -0.25) is 9.10 Å². The minimum atomic E-state index is -4.09. The van der Waals surface area contributed by atoms with Gasteiger partial charge in [-0.25, -0.2) is 16.8 Å². The number of hydrogen-bond acceptors (Lipinski definition) is 7. The average molecular weight is 672 g/mol. The lowest BCUT2D eigenvalue weighted by Crippen LogP contribution is -2.40. The first kappa shape index (κ1) is 28.3. The molecule has 1 N–H and O–H groups in total. The lowest BCUT2D eigenvalue weighted by molar-refractivity contribution is -0.114. The average Bonchev–Trinajstić information content (AvgIpc) is 2.93. The van der Waals surface area contributed by atoms with Crippen LogP contribution in [0.2, 0.25) is 0 Å². The minimum absolute atomic E-state index is 0.0260. The maximum atomic E-state index is 13.5. The summed E-state index contributed by atoms with van der Waals surface area (Å²) in [4.78, 5) is 13.2. The van der Waals surface area contributed by atoms with Crippen molar-refractivity contribution in [2.45, 2.75) is 9.79 Å². The number of ether oxygens (including phenoxy) is 2. The van der Waals surface area contributed by atoms with Crippen molar-refractivity contribution in [1.29, 1.82) is 0 Å². The second kappa shape index (κ2) is 12.0. The van der Waals surface area contributed by atoms with Crippen LogP contribution >= 0.6 is 22.6 Å². The third-order valence-electron chi connectivity index (χ3n) is 5.79. The number of halogens is 1. The lowest BCUT2D eigenvalue weighted by Gasteiger charge is -2.26. The van der Waals surface area contributed by atoms with Gasteiger partial charge in [0.15, 0.2) is 0 Å². The van der Waals surface area contributed by atoms with Crippen LogP contribution in [0.4, 0.5) is 11.4 Å². The Labute approximate surface area is 235 Å². The van der Waals surface area contributed by atoms with Crippen LogP contribution in [-0.4, -0.2) is 67.0 Å². The highest BCUT2D eigenvalue weighted by atomic mass is 127. The molecule has 0 bridgehead atoms. The van der Waals surface area contributed by atoms with E-state index in [1.54, 1.807) is 42.5 Å². The number of carbonyl (C=O) groups excluding carboxylic acids is 1. The lowest BCUT2D eigenvalue weighted by atomic mass is 10.3. The molecule has 0 radical (unpaired) electrons. The fraction of sp³-hybridized carbons (Fsp3) is 0.240. The molecule has 10 nitrogen and oxygen atoms in total. The molecule has 0 unspecified atom stereocenters. The quantitative estimate of drug-likeness (QED) is 0.347. The summed E-state index contributed by atoms with van der Waals surface area (Å²) < 4.78 is 67.1. The zero-order chi connectivity index (χ0) is 27.3. The molecule has 1 aliphatic heterocycles. The Morgan fingerprint density at radius 1 is 0.974 bits per heavy atom. The second-order valence-corrected chi connectivity index (χ2v) is 13.3. The molecule has 0 spiro atoms. The van der Waals surface area contributed by atoms with Crippen molar-refractivity contribution in [2.75, 3.05) is 49.6 Å². The van der Waals surface area contributed by atoms with Gasteiger partial charge in [0.25, 0.3) is 10.0 Å². The minimum Gasteiger partial charge on any atom is -0.495 e. The summed E-state index contributed by atoms with van der Waals surface area (Å²) in [5.74, 6) is -0.451. The number of rotatable bonds is 9. The third kappa shape index (κ3) is 6.29. The van der Waals surface area contributed by atoms with E-state index in [4.69, 9.17) is 9.47 Å². The Hall–Kier alpha value is -2.72. The van der Waals surface area contributed by atoms with Crippen LogP contribution in [-0.2, 0) is 29.6 Å². The zero-order valence-electron chi connectivity index (χ0n) is 20.4. The Bertz CT molecular complexity index is 1490. The third-order valence-corrected chi connectivity index (χ3v) is 10.2. The predicted molar refractivity (Wildman–Crippen MR) is 151 cm³/mol. The summed E-state index contributed by atoms with van der Waals surface area (Å²) >= 11 is 2.11. The van der Waals surface area contributed by atoms with E-state index in [0.29, 0.717) is 18.9 Å². The molecule has 13 heteroatoms. The molecule has 38 heavy (non-hydrogen) atoms. The number of morpholine rings is 1. The molecule has 3 aromatic rings. The summed E-state index contributed by atoms with van der Waals surface area (Å²) in [5.41, 5.74) is 0.409. The Balaban J connectivity index is 1.64. The van der Waals surface area contributed by atoms with Crippen LogP contribution in [0.5, 0.6) is 5.75 Å². The van der Waals surface area contributed by atoms with Gasteiger partial charge in [0, 0.05) is 16.7 Å². The van der Waals surface area contributed by atoms with Crippen molar-refractivity contribution < 1.29 is 31.1 Å². The molecule has 202 valence electrons. The smallest absolute Gasteiger partial charge is 0.264 e. The second-order valence-electron chi connectivity index (χ2n) is 8.23. The SMILES string of the molecule is COc1ccc(S(=O)(=O)N2CCOCC2)cc1NC(=O)CN(c1ccc(I)cc1)S(=O)(=O)c1ccccc1. The van der Waals surface area contributed by atoms with Crippen LogP contribution in [0.1, 0.15) is 0 Å². The van der Waals surface area contributed by atoms with E-state index in [-0.39, 0.29) is 34.3 Å². The number of anilines is 2. The Morgan fingerprint density at radius 2 is 1.63 bits per heavy atom. The van der Waals surface area contributed by atoms with Crippen molar-refractivity contribution in [2.24, 2.45) is 0 Å². The molecule has 0 aliphatic carbocycles. The fourth-order valence-electron chi connectivity index (χ4n) is 3.84. The molecule has 1 heterocycles. The Morgan fingerprint density at radius 3 is 2.26 bits per heavy atom. The first-order chi connectivity index (χ1) is 18.1. The van der Waals surface area contributed by atoms with Crippen molar-refractivity contribution in [3.8, 4) is 5.75 Å². The van der Waals surface area contributed by atoms with Gasteiger partial charge in [-0.05, 0) is 77.2 Å². The maximum absolute atomic E-state index is 13.5. The van der Waals surface area contributed by atoms with Gasteiger partial charge in [0.05, 0.1) is 41.5 Å². The summed E-state index contributed by atoms with van der Waals surface area (Å²) in [6.07, 6.45) is 0. The van der Waals surface area contributed by atoms with E-state index in [9.17, 15) is 21.6 Å². The van der Waals surface area contributed by atoms with E-state index in [2.05, 4.69) is 27.9 Å². The highest BCUT2D eigenvalue weighted by Crippen LogP contribution is 2.30. The zero-order valence-corrected chi connectivity index (χ0v) is 24.2. The monoisotopic (exact) mass is 671 g/mol. The standard InChI is InChI=1S/C25H26IN3O7S2/c1-35-24-12-11-22(37(31,32)28-13-15-36-16-14-28)17-23(24)27-25(30)18-29(20-9-7-19(26)8-10-20)38(33,34)21-5-3-2-4-6-21/h2-12,17H,13-16,18H2,1H3,(H,27,30). The van der Waals surface area contributed by atoms with Crippen LogP contribution < -0.4 is 14.4 Å². The number of carbonyl (C=O) groups is 1. The van der Waals surface area contributed by atoms with E-state index < -0.39 is 32.5 Å². The van der Waals surface area contributed by atoms with Crippen LogP contribution in [0.25, 0.3) is 0 Å². The van der Waals surface area contributed by atoms with Crippen LogP contribution in [0.3, 0.4) is 0 Å². The number of sulfonamides is 2. The van der Waals surface area contributed by atoms with Crippen molar-refractivity contribution in [1.82, 2.24) is 4.31 Å². The van der Waals surface area contributed by atoms with Gasteiger partial charge in [-0.2, -0.15) is 4.31 Å². The number of amides is 1. The summed E-state index contributed by atoms with van der Waals surface area (Å²) in [7, 11) is -6.54. The summed E-state index contributed by atoms with van der Waals surface area (Å²) in [5, 5.41) is 2.63. The summed E-state index contributed by atoms with van der Waals surface area (Å²) in [6, 6.07) is 18.7. The molecule has 1 fully saturated rings. The normalized spacial score (nSPS) is 14.6. The summed E-state index contributed by atoms with van der Waals surface area (Å²) in [6.45, 7) is 0.477. The predicted octanol–water partition coefficient (Wildman–Crippen LogP) is 3.15. The van der Waals surface area contributed by atoms with Crippen molar-refractivity contribution >= 4 is 59.9 Å². The Kier molecular flexibility index (Phi) is 8.92. The van der Waals surface area contributed by atoms with Crippen LogP contribution in [0, 0.1) is 3.57 Å². The van der Waals surface area contributed by atoms with E-state index in [0.717, 1.165) is 7.88 Å². The molecule has 1 saturated heterocycles. The largest absolute Gasteiger partial charge is 0.495 e. The molecular weight excluding hydrogens is 645 g/mol. The topological polar surface area (TPSA) is 122 Å². The number of nitrogens with zero attached hydrogens (tertiary/aromatic N) is 2. The number of nitrogens with one attached hydrogen (secondary N) is 1. The van der Waals surface area contributed by atoms with Gasteiger partial charge in [-0.15, -0.1) is 0 Å². The van der Waals surface area contributed by atoms with E-state index >= 15 is 0 Å². The van der Waals surface area contributed by atoms with Crippen molar-refractivity contribution in [3.63, 3.8) is 0 Å². The van der Waals surface area contributed by atoms with E-state index in [1.165, 1.54) is 41.7 Å². The number of hydrogen-bond donors (Lipinski definition) is 1. The molecular formula is C25H26IN3O7S2. The van der Waals surface area contributed by atoms with Gasteiger partial charge >= 0.3 is 0 Å². The van der Waals surface area contributed by atoms with E-state index in [1.807, 2.05) is 0 Å². The molecule has 3 aromatic carbocycles. The van der Waals surface area contributed by atoms with Gasteiger partial charge < -0.3 is 14.8 Å². The van der Waals surface area contributed by atoms with Gasteiger partial charge in [0.1, 0.15) is 12.3 Å². The molecule has 0 atom stereocenters. The van der Waals surface area contributed by atoms with Crippen LogP contribution in [0.15, 0.2) is 82.6 Å². The fourth-order valence-corrected chi connectivity index (χ4v) is 7.08. The maximum Gasteiger partial charge on any atom is 0.264 e. The highest BCUT2D eigenvalue weighted by Gasteiger charge is 2.29.